The molecule has 1 amide bonds. The number of amides is 1. The number of ether oxygens (including phenoxy) is 1. The second kappa shape index (κ2) is 10.0. The Labute approximate surface area is 174 Å². The Morgan fingerprint density at radius 2 is 1.90 bits per heavy atom. The number of hydrogen-bond donors (Lipinski definition) is 1. The molecule has 1 aromatic heterocycles. The predicted octanol–water partition coefficient (Wildman–Crippen LogP) is 3.90. The van der Waals surface area contributed by atoms with Crippen molar-refractivity contribution in [2.75, 3.05) is 11.9 Å². The maximum absolute atomic E-state index is 11.9. The highest BCUT2D eigenvalue weighted by atomic mass is 35.5. The van der Waals surface area contributed by atoms with E-state index >= 15 is 0 Å². The normalized spacial score (nSPS) is 11.1. The summed E-state index contributed by atoms with van der Waals surface area (Å²) in [6.45, 7) is 7.62. The van der Waals surface area contributed by atoms with Crippen molar-refractivity contribution in [3.05, 3.63) is 52.3 Å². The van der Waals surface area contributed by atoms with Gasteiger partial charge in [0.15, 0.2) is 12.4 Å². The van der Waals surface area contributed by atoms with E-state index < -0.39 is 18.5 Å². The molecule has 8 heteroatoms. The van der Waals surface area contributed by atoms with E-state index in [4.69, 9.17) is 16.3 Å². The molecule has 0 atom stereocenters. The van der Waals surface area contributed by atoms with Gasteiger partial charge in [-0.1, -0.05) is 25.4 Å². The van der Waals surface area contributed by atoms with Crippen LogP contribution in [-0.4, -0.2) is 34.0 Å². The number of anilines is 1. The number of carbonyl (C=O) groups is 3. The molecule has 2 rings (SSSR count). The fraction of sp³-hybridized carbons (Fsp3) is 0.333. The molecular formula is C21H24ClN3O4. The average molecular weight is 418 g/mol. The number of ketones is 1. The lowest BCUT2D eigenvalue weighted by Crippen LogP contribution is -2.20. The molecule has 1 heterocycles. The minimum atomic E-state index is -0.667. The first-order valence-corrected chi connectivity index (χ1v) is 9.53. The zero-order valence-corrected chi connectivity index (χ0v) is 17.6. The molecule has 0 saturated heterocycles. The number of aryl methyl sites for hydroxylation is 1. The van der Waals surface area contributed by atoms with Gasteiger partial charge >= 0.3 is 5.97 Å². The summed E-state index contributed by atoms with van der Waals surface area (Å²) in [5, 5.41) is 7.40. The van der Waals surface area contributed by atoms with Crippen molar-refractivity contribution in [2.24, 2.45) is 5.92 Å². The predicted molar refractivity (Wildman–Crippen MR) is 112 cm³/mol. The zero-order chi connectivity index (χ0) is 21.6. The van der Waals surface area contributed by atoms with E-state index in [1.807, 2.05) is 0 Å². The third-order valence-corrected chi connectivity index (χ3v) is 4.35. The van der Waals surface area contributed by atoms with Crippen molar-refractivity contribution in [1.29, 1.82) is 0 Å². The molecule has 0 aliphatic heterocycles. The number of Topliss-reactive ketones (excluding diaryl/α,β-unsaturated/α-hetero) is 1. The lowest BCUT2D eigenvalue weighted by atomic mass is 10.1. The number of benzene rings is 1. The third-order valence-electron chi connectivity index (χ3n) is 3.95. The number of nitrogens with zero attached hydrogens (tertiary/aromatic N) is 2. The van der Waals surface area contributed by atoms with Crippen LogP contribution in [0.15, 0.2) is 30.3 Å². The highest BCUT2D eigenvalue weighted by Crippen LogP contribution is 2.22. The minimum absolute atomic E-state index is 0.0614. The average Bonchev–Trinajstić information content (AvgIpc) is 2.91. The topological polar surface area (TPSA) is 90.3 Å². The molecule has 0 spiro atoms. The molecule has 1 aromatic carbocycles. The fourth-order valence-corrected chi connectivity index (χ4v) is 2.85. The monoisotopic (exact) mass is 417 g/mol. The van der Waals surface area contributed by atoms with Crippen molar-refractivity contribution in [3.63, 3.8) is 0 Å². The van der Waals surface area contributed by atoms with Crippen LogP contribution in [0.2, 0.25) is 5.15 Å². The Hall–Kier alpha value is -2.93. The van der Waals surface area contributed by atoms with Crippen molar-refractivity contribution in [1.82, 2.24) is 9.78 Å². The lowest BCUT2D eigenvalue weighted by molar-refractivity contribution is -0.142. The number of carbonyl (C=O) groups excluding carboxylic acids is 3. The van der Waals surface area contributed by atoms with Crippen molar-refractivity contribution >= 4 is 41.0 Å². The van der Waals surface area contributed by atoms with E-state index in [9.17, 15) is 14.4 Å². The zero-order valence-electron chi connectivity index (χ0n) is 16.9. The van der Waals surface area contributed by atoms with Crippen molar-refractivity contribution in [2.45, 2.75) is 34.2 Å². The number of esters is 1. The summed E-state index contributed by atoms with van der Waals surface area (Å²) in [6, 6.07) is 6.43. The van der Waals surface area contributed by atoms with Gasteiger partial charge in [0.05, 0.1) is 5.69 Å². The number of hydrogen-bond acceptors (Lipinski definition) is 5. The van der Waals surface area contributed by atoms with Gasteiger partial charge in [0.2, 0.25) is 0 Å². The van der Waals surface area contributed by atoms with Gasteiger partial charge in [0, 0.05) is 29.4 Å². The van der Waals surface area contributed by atoms with E-state index in [1.54, 1.807) is 35.9 Å². The summed E-state index contributed by atoms with van der Waals surface area (Å²) in [5.41, 5.74) is 2.39. The third kappa shape index (κ3) is 6.57. The summed E-state index contributed by atoms with van der Waals surface area (Å²) in [7, 11) is 0. The van der Waals surface area contributed by atoms with E-state index in [-0.39, 0.29) is 5.78 Å². The molecule has 0 aliphatic carbocycles. The van der Waals surface area contributed by atoms with E-state index in [2.05, 4.69) is 24.3 Å². The lowest BCUT2D eigenvalue weighted by Gasteiger charge is -2.06. The molecule has 7 nitrogen and oxygen atoms in total. The maximum atomic E-state index is 11.9. The molecule has 0 bridgehead atoms. The van der Waals surface area contributed by atoms with Gasteiger partial charge in [-0.2, -0.15) is 5.10 Å². The Kier molecular flexibility index (Phi) is 7.73. The van der Waals surface area contributed by atoms with Crippen LogP contribution in [0.3, 0.4) is 0 Å². The van der Waals surface area contributed by atoms with Crippen LogP contribution in [-0.2, 0) is 20.9 Å². The van der Waals surface area contributed by atoms with Crippen LogP contribution >= 0.6 is 11.6 Å². The highest BCUT2D eigenvalue weighted by molar-refractivity contribution is 6.31. The smallest absolute Gasteiger partial charge is 0.331 e. The van der Waals surface area contributed by atoms with Crippen molar-refractivity contribution in [3.8, 4) is 0 Å². The van der Waals surface area contributed by atoms with Crippen LogP contribution in [0.5, 0.6) is 0 Å². The molecule has 0 fully saturated rings. The second-order valence-electron chi connectivity index (χ2n) is 6.99. The van der Waals surface area contributed by atoms with Gasteiger partial charge < -0.3 is 10.1 Å². The van der Waals surface area contributed by atoms with Gasteiger partial charge in [-0.25, -0.2) is 4.79 Å². The van der Waals surface area contributed by atoms with Crippen LogP contribution in [0.25, 0.3) is 6.08 Å². The van der Waals surface area contributed by atoms with Gasteiger partial charge in [-0.3, -0.25) is 14.3 Å². The summed E-state index contributed by atoms with van der Waals surface area (Å²) in [5.74, 6) is -0.833. The van der Waals surface area contributed by atoms with Gasteiger partial charge in [-0.15, -0.1) is 0 Å². The van der Waals surface area contributed by atoms with Crippen molar-refractivity contribution < 1.29 is 19.1 Å². The largest absolute Gasteiger partial charge is 0.452 e. The Morgan fingerprint density at radius 3 is 2.48 bits per heavy atom. The molecule has 0 aliphatic rings. The van der Waals surface area contributed by atoms with E-state index in [0.717, 1.165) is 0 Å². The summed E-state index contributed by atoms with van der Waals surface area (Å²) in [6.07, 6.45) is 2.74. The number of halogens is 1. The summed E-state index contributed by atoms with van der Waals surface area (Å²) in [4.78, 5) is 35.1. The SMILES string of the molecule is CC(=O)c1ccc(NC(=O)COC(=O)/C=C/c2c(C)nn(CC(C)C)c2Cl)cc1. The van der Waals surface area contributed by atoms with Crippen LogP contribution in [0.1, 0.15) is 42.4 Å². The molecule has 0 unspecified atom stereocenters. The minimum Gasteiger partial charge on any atom is -0.452 e. The number of rotatable bonds is 8. The van der Waals surface area contributed by atoms with Gasteiger partial charge in [0.25, 0.3) is 5.91 Å². The Morgan fingerprint density at radius 1 is 1.24 bits per heavy atom. The molecular weight excluding hydrogens is 394 g/mol. The summed E-state index contributed by atoms with van der Waals surface area (Å²) < 4.78 is 6.64. The van der Waals surface area contributed by atoms with E-state index in [0.29, 0.717) is 40.1 Å². The first kappa shape index (κ1) is 22.4. The Balaban J connectivity index is 1.88. The molecule has 29 heavy (non-hydrogen) atoms. The van der Waals surface area contributed by atoms with Crippen LogP contribution in [0.4, 0.5) is 5.69 Å². The Bertz CT molecular complexity index is 930. The molecule has 1 N–H and O–H groups in total. The van der Waals surface area contributed by atoms with Crippen LogP contribution < -0.4 is 5.32 Å². The first-order chi connectivity index (χ1) is 13.7. The van der Waals surface area contributed by atoms with Gasteiger partial charge in [0.1, 0.15) is 5.15 Å². The molecule has 2 aromatic rings. The summed E-state index contributed by atoms with van der Waals surface area (Å²) >= 11 is 6.32. The van der Waals surface area contributed by atoms with Crippen LogP contribution in [0, 0.1) is 12.8 Å². The number of aromatic nitrogens is 2. The maximum Gasteiger partial charge on any atom is 0.331 e. The van der Waals surface area contributed by atoms with E-state index in [1.165, 1.54) is 19.1 Å². The molecule has 154 valence electrons. The first-order valence-electron chi connectivity index (χ1n) is 9.16. The molecule has 0 radical (unpaired) electrons. The molecule has 0 saturated carbocycles. The van der Waals surface area contributed by atoms with Gasteiger partial charge in [-0.05, 0) is 50.1 Å². The number of nitrogens with one attached hydrogen (secondary N) is 1. The standard InChI is InChI=1S/C21H24ClN3O4/c1-13(2)11-25-21(22)18(14(3)24-25)9-10-20(28)29-12-19(27)23-17-7-5-16(6-8-17)15(4)26/h5-10,13H,11-12H2,1-4H3,(H,23,27)/b10-9+. The highest BCUT2D eigenvalue weighted by Gasteiger charge is 2.13. The second-order valence-corrected chi connectivity index (χ2v) is 7.35. The quantitative estimate of drug-likeness (QED) is 0.399. The fourth-order valence-electron chi connectivity index (χ4n) is 2.54.